The number of hydrogen-bond donors (Lipinski definition) is 1. The molecule has 3 nitrogen and oxygen atoms in total. The van der Waals surface area contributed by atoms with Crippen molar-refractivity contribution in [1.82, 2.24) is 0 Å². The first kappa shape index (κ1) is 14.2. The molecule has 0 saturated carbocycles. The fourth-order valence-electron chi connectivity index (χ4n) is 1.78. The Balaban J connectivity index is 2.13. The van der Waals surface area contributed by atoms with Gasteiger partial charge in [0.1, 0.15) is 12.4 Å². The van der Waals surface area contributed by atoms with Gasteiger partial charge in [0.2, 0.25) is 0 Å². The van der Waals surface area contributed by atoms with E-state index in [0.717, 1.165) is 22.4 Å². The Morgan fingerprint density at radius 3 is 2.15 bits per heavy atom. The minimum atomic E-state index is -0.241. The number of benzene rings is 2. The number of nitrogens with zero attached hydrogens (tertiary/aromatic N) is 1. The molecule has 20 heavy (non-hydrogen) atoms. The molecule has 0 radical (unpaired) electrons. The van der Waals surface area contributed by atoms with E-state index in [4.69, 9.17) is 9.94 Å². The summed E-state index contributed by atoms with van der Waals surface area (Å²) in [6.07, 6.45) is 0. The Morgan fingerprint density at radius 1 is 1.05 bits per heavy atom. The van der Waals surface area contributed by atoms with E-state index < -0.39 is 0 Å². The highest BCUT2D eigenvalue weighted by atomic mass is 19.1. The van der Waals surface area contributed by atoms with Crippen molar-refractivity contribution in [3.8, 4) is 11.1 Å². The molecule has 0 fully saturated rings. The maximum atomic E-state index is 12.9. The maximum Gasteiger partial charge on any atom is 0.140 e. The van der Waals surface area contributed by atoms with Crippen LogP contribution in [0.25, 0.3) is 11.1 Å². The highest BCUT2D eigenvalue weighted by Gasteiger charge is 2.01. The lowest BCUT2D eigenvalue weighted by atomic mass is 10.0. The number of hydrogen-bond acceptors (Lipinski definition) is 3. The van der Waals surface area contributed by atoms with E-state index >= 15 is 0 Å². The van der Waals surface area contributed by atoms with Crippen molar-refractivity contribution in [3.63, 3.8) is 0 Å². The van der Waals surface area contributed by atoms with Crippen LogP contribution in [-0.4, -0.2) is 24.0 Å². The lowest BCUT2D eigenvalue weighted by Crippen LogP contribution is -1.99. The van der Waals surface area contributed by atoms with Gasteiger partial charge < -0.3 is 9.94 Å². The Labute approximate surface area is 117 Å². The fraction of sp³-hybridized carbons (Fsp3) is 0.188. The van der Waals surface area contributed by atoms with Crippen molar-refractivity contribution in [2.45, 2.75) is 6.92 Å². The van der Waals surface area contributed by atoms with Gasteiger partial charge in [0.15, 0.2) is 0 Å². The lowest BCUT2D eigenvalue weighted by molar-refractivity contribution is 0.0986. The van der Waals surface area contributed by atoms with E-state index in [9.17, 15) is 4.39 Å². The van der Waals surface area contributed by atoms with Crippen LogP contribution in [0.5, 0.6) is 0 Å². The molecule has 1 N–H and O–H groups in total. The van der Waals surface area contributed by atoms with Crippen LogP contribution in [0.1, 0.15) is 12.5 Å². The molecule has 0 aliphatic rings. The van der Waals surface area contributed by atoms with Crippen molar-refractivity contribution in [2.24, 2.45) is 5.16 Å². The van der Waals surface area contributed by atoms with E-state index in [0.29, 0.717) is 0 Å². The van der Waals surface area contributed by atoms with Gasteiger partial charge >= 0.3 is 0 Å². The van der Waals surface area contributed by atoms with Gasteiger partial charge in [-0.25, -0.2) is 4.39 Å². The minimum absolute atomic E-state index is 0.0553. The molecule has 0 bridgehead atoms. The summed E-state index contributed by atoms with van der Waals surface area (Å²) in [5, 5.41) is 12.5. The van der Waals surface area contributed by atoms with Crippen LogP contribution in [0.3, 0.4) is 0 Å². The number of aliphatic hydroxyl groups is 1. The normalized spacial score (nSPS) is 11.4. The molecular formula is C16H16FNO2. The van der Waals surface area contributed by atoms with E-state index in [1.807, 2.05) is 31.2 Å². The summed E-state index contributed by atoms with van der Waals surface area (Å²) in [6.45, 7) is 1.97. The summed E-state index contributed by atoms with van der Waals surface area (Å²) < 4.78 is 12.9. The zero-order valence-electron chi connectivity index (χ0n) is 11.2. The van der Waals surface area contributed by atoms with Crippen LogP contribution >= 0.6 is 0 Å². The zero-order valence-corrected chi connectivity index (χ0v) is 11.2. The summed E-state index contributed by atoms with van der Waals surface area (Å²) in [6, 6.07) is 14.1. The van der Waals surface area contributed by atoms with Crippen LogP contribution in [0.15, 0.2) is 53.7 Å². The molecule has 0 aromatic heterocycles. The summed E-state index contributed by atoms with van der Waals surface area (Å²) >= 11 is 0. The third-order valence-corrected chi connectivity index (χ3v) is 2.86. The topological polar surface area (TPSA) is 41.8 Å². The summed E-state index contributed by atoms with van der Waals surface area (Å²) in [5.41, 5.74) is 3.65. The van der Waals surface area contributed by atoms with E-state index in [-0.39, 0.29) is 19.0 Å². The first-order valence-corrected chi connectivity index (χ1v) is 6.34. The molecule has 0 saturated heterocycles. The molecule has 0 atom stereocenters. The predicted octanol–water partition coefficient (Wildman–Crippen LogP) is 3.23. The maximum absolute atomic E-state index is 12.9. The predicted molar refractivity (Wildman–Crippen MR) is 77.1 cm³/mol. The smallest absolute Gasteiger partial charge is 0.140 e. The van der Waals surface area contributed by atoms with E-state index in [1.165, 1.54) is 12.1 Å². The minimum Gasteiger partial charge on any atom is -0.393 e. The monoisotopic (exact) mass is 273 g/mol. The first-order chi connectivity index (χ1) is 9.70. The molecule has 2 rings (SSSR count). The van der Waals surface area contributed by atoms with Gasteiger partial charge in [-0.05, 0) is 35.7 Å². The molecule has 0 aliphatic heterocycles. The second-order valence-corrected chi connectivity index (χ2v) is 4.32. The lowest BCUT2D eigenvalue weighted by Gasteiger charge is -2.04. The fourth-order valence-corrected chi connectivity index (χ4v) is 1.78. The van der Waals surface area contributed by atoms with E-state index in [2.05, 4.69) is 5.16 Å². The molecule has 2 aromatic carbocycles. The first-order valence-electron chi connectivity index (χ1n) is 6.34. The van der Waals surface area contributed by atoms with Gasteiger partial charge in [0.25, 0.3) is 0 Å². The number of aliphatic hydroxyl groups excluding tert-OH is 1. The largest absolute Gasteiger partial charge is 0.393 e. The van der Waals surface area contributed by atoms with Crippen LogP contribution in [0, 0.1) is 5.82 Å². The standard InChI is InChI=1S/C16H16FNO2/c1-12(18-20-11-10-19)13-2-4-14(5-3-13)15-6-8-16(17)9-7-15/h2-9,19H,10-11H2,1H3. The third kappa shape index (κ3) is 3.65. The molecule has 0 amide bonds. The molecule has 0 spiro atoms. The third-order valence-electron chi connectivity index (χ3n) is 2.86. The zero-order chi connectivity index (χ0) is 14.4. The van der Waals surface area contributed by atoms with Crippen LogP contribution in [-0.2, 0) is 4.84 Å². The van der Waals surface area contributed by atoms with Gasteiger partial charge in [-0.1, -0.05) is 41.6 Å². The van der Waals surface area contributed by atoms with E-state index in [1.54, 1.807) is 12.1 Å². The molecular weight excluding hydrogens is 257 g/mol. The summed E-state index contributed by atoms with van der Waals surface area (Å²) in [5.74, 6) is -0.241. The summed E-state index contributed by atoms with van der Waals surface area (Å²) in [4.78, 5) is 4.92. The number of halogens is 1. The average Bonchev–Trinajstić information content (AvgIpc) is 2.48. The van der Waals surface area contributed by atoms with Crippen LogP contribution in [0.4, 0.5) is 4.39 Å². The second-order valence-electron chi connectivity index (χ2n) is 4.32. The Bertz CT molecular complexity index is 576. The quantitative estimate of drug-likeness (QED) is 0.516. The Kier molecular flexibility index (Phi) is 4.85. The highest BCUT2D eigenvalue weighted by Crippen LogP contribution is 2.20. The van der Waals surface area contributed by atoms with Gasteiger partial charge in [-0.3, -0.25) is 0 Å². The van der Waals surface area contributed by atoms with Crippen molar-refractivity contribution in [3.05, 3.63) is 59.9 Å². The SMILES string of the molecule is CC(=NOCCO)c1ccc(-c2ccc(F)cc2)cc1. The Morgan fingerprint density at radius 2 is 1.60 bits per heavy atom. The van der Waals surface area contributed by atoms with Crippen LogP contribution < -0.4 is 0 Å². The highest BCUT2D eigenvalue weighted by molar-refractivity contribution is 5.98. The Hall–Kier alpha value is -2.20. The van der Waals surface area contributed by atoms with Crippen LogP contribution in [0.2, 0.25) is 0 Å². The van der Waals surface area contributed by atoms with Gasteiger partial charge in [-0.15, -0.1) is 0 Å². The van der Waals surface area contributed by atoms with Gasteiger partial charge in [-0.2, -0.15) is 0 Å². The molecule has 4 heteroatoms. The van der Waals surface area contributed by atoms with Gasteiger partial charge in [0.05, 0.1) is 12.3 Å². The molecule has 0 unspecified atom stereocenters. The molecule has 0 heterocycles. The van der Waals surface area contributed by atoms with Crippen molar-refractivity contribution in [1.29, 1.82) is 0 Å². The second kappa shape index (κ2) is 6.82. The summed E-state index contributed by atoms with van der Waals surface area (Å²) in [7, 11) is 0. The van der Waals surface area contributed by atoms with Crippen molar-refractivity contribution >= 4 is 5.71 Å². The molecule has 0 aliphatic carbocycles. The van der Waals surface area contributed by atoms with Gasteiger partial charge in [0, 0.05) is 0 Å². The molecule has 2 aromatic rings. The average molecular weight is 273 g/mol. The van der Waals surface area contributed by atoms with Crippen molar-refractivity contribution < 1.29 is 14.3 Å². The number of rotatable bonds is 5. The number of oxime groups is 1. The van der Waals surface area contributed by atoms with Crippen molar-refractivity contribution in [2.75, 3.05) is 13.2 Å². The molecule has 104 valence electrons.